The minimum Gasteiger partial charge on any atom is -0.369 e. The Bertz CT molecular complexity index is 480. The molecule has 2 atom stereocenters. The highest BCUT2D eigenvalue weighted by Crippen LogP contribution is 2.32. The van der Waals surface area contributed by atoms with E-state index in [9.17, 15) is 5.26 Å². The van der Waals surface area contributed by atoms with E-state index in [0.29, 0.717) is 17.0 Å². The first kappa shape index (κ1) is 11.8. The van der Waals surface area contributed by atoms with Gasteiger partial charge in [-0.25, -0.2) is 0 Å². The summed E-state index contributed by atoms with van der Waals surface area (Å²) in [6.45, 7) is 3.14. The van der Waals surface area contributed by atoms with Crippen molar-refractivity contribution in [3.05, 3.63) is 28.8 Å². The number of piperidine rings is 1. The smallest absolute Gasteiger partial charge is 0.101 e. The first-order chi connectivity index (χ1) is 8.78. The Morgan fingerprint density at radius 1 is 1.39 bits per heavy atom. The number of rotatable bonds is 1. The van der Waals surface area contributed by atoms with Crippen LogP contribution >= 0.6 is 11.6 Å². The van der Waals surface area contributed by atoms with E-state index >= 15 is 0 Å². The molecule has 0 unspecified atom stereocenters. The zero-order chi connectivity index (χ0) is 12.5. The molecule has 1 aromatic carbocycles. The van der Waals surface area contributed by atoms with Crippen LogP contribution in [0, 0.1) is 17.2 Å². The van der Waals surface area contributed by atoms with Crippen molar-refractivity contribution in [3.63, 3.8) is 0 Å². The average molecular weight is 262 g/mol. The van der Waals surface area contributed by atoms with Gasteiger partial charge in [-0.05, 0) is 43.5 Å². The molecule has 2 aliphatic heterocycles. The van der Waals surface area contributed by atoms with Gasteiger partial charge >= 0.3 is 0 Å². The molecule has 4 heteroatoms. The molecule has 1 aromatic rings. The Morgan fingerprint density at radius 3 is 3.06 bits per heavy atom. The second kappa shape index (κ2) is 4.79. The number of nitrogens with zero attached hydrogens (tertiary/aromatic N) is 2. The number of fused-ring (bicyclic) bond motifs is 1. The Morgan fingerprint density at radius 2 is 2.28 bits per heavy atom. The van der Waals surface area contributed by atoms with Crippen molar-refractivity contribution in [1.82, 2.24) is 5.32 Å². The number of nitrogens with one attached hydrogen (secondary N) is 1. The highest BCUT2D eigenvalue weighted by molar-refractivity contribution is 6.30. The Balaban J connectivity index is 1.88. The van der Waals surface area contributed by atoms with Crippen LogP contribution in [0.15, 0.2) is 18.2 Å². The van der Waals surface area contributed by atoms with Gasteiger partial charge in [0.15, 0.2) is 0 Å². The van der Waals surface area contributed by atoms with Gasteiger partial charge < -0.3 is 10.2 Å². The van der Waals surface area contributed by atoms with Crippen LogP contribution in [0.4, 0.5) is 5.69 Å². The van der Waals surface area contributed by atoms with Gasteiger partial charge in [-0.2, -0.15) is 5.26 Å². The van der Waals surface area contributed by atoms with Crippen molar-refractivity contribution < 1.29 is 0 Å². The van der Waals surface area contributed by atoms with Gasteiger partial charge in [-0.15, -0.1) is 0 Å². The Kier molecular flexibility index (Phi) is 3.15. The second-order valence-corrected chi connectivity index (χ2v) is 5.58. The first-order valence-electron chi connectivity index (χ1n) is 6.46. The predicted octanol–water partition coefficient (Wildman–Crippen LogP) is 2.40. The molecule has 0 amide bonds. The molecule has 0 bridgehead atoms. The normalized spacial score (nSPS) is 26.8. The molecule has 0 aromatic heterocycles. The van der Waals surface area contributed by atoms with Crippen molar-refractivity contribution in [1.29, 1.82) is 5.26 Å². The largest absolute Gasteiger partial charge is 0.369 e. The standard InChI is InChI=1S/C14H16ClN3/c15-12-4-3-10(7-16)14(6-12)18-8-11-2-1-5-17-13(11)9-18/h3-4,6,11,13,17H,1-2,5,8-9H2/t11-,13+/m0/s1. The summed E-state index contributed by atoms with van der Waals surface area (Å²) in [4.78, 5) is 2.30. The van der Waals surface area contributed by atoms with Crippen LogP contribution in [0.1, 0.15) is 18.4 Å². The van der Waals surface area contributed by atoms with E-state index in [1.807, 2.05) is 12.1 Å². The van der Waals surface area contributed by atoms with E-state index in [2.05, 4.69) is 16.3 Å². The summed E-state index contributed by atoms with van der Waals surface area (Å²) in [5.74, 6) is 0.712. The van der Waals surface area contributed by atoms with Crippen molar-refractivity contribution in [2.45, 2.75) is 18.9 Å². The Labute approximate surface area is 112 Å². The van der Waals surface area contributed by atoms with Gasteiger partial charge in [0.2, 0.25) is 0 Å². The summed E-state index contributed by atoms with van der Waals surface area (Å²) in [5, 5.41) is 13.5. The van der Waals surface area contributed by atoms with Crippen LogP contribution in [-0.4, -0.2) is 25.7 Å². The lowest BCUT2D eigenvalue weighted by Crippen LogP contribution is -2.40. The van der Waals surface area contributed by atoms with E-state index in [1.165, 1.54) is 12.8 Å². The third kappa shape index (κ3) is 2.07. The molecule has 3 rings (SSSR count). The monoisotopic (exact) mass is 261 g/mol. The van der Waals surface area contributed by atoms with Gasteiger partial charge in [0, 0.05) is 24.2 Å². The van der Waals surface area contributed by atoms with Crippen LogP contribution in [0.25, 0.3) is 0 Å². The lowest BCUT2D eigenvalue weighted by Gasteiger charge is -2.24. The maximum atomic E-state index is 9.19. The molecule has 94 valence electrons. The van der Waals surface area contributed by atoms with Gasteiger partial charge in [0.05, 0.1) is 11.3 Å². The van der Waals surface area contributed by atoms with E-state index in [0.717, 1.165) is 30.9 Å². The highest BCUT2D eigenvalue weighted by atomic mass is 35.5. The average Bonchev–Trinajstić information content (AvgIpc) is 2.82. The molecule has 0 aliphatic carbocycles. The topological polar surface area (TPSA) is 39.1 Å². The fourth-order valence-electron chi connectivity index (χ4n) is 3.10. The van der Waals surface area contributed by atoms with Crippen molar-refractivity contribution in [3.8, 4) is 6.07 Å². The third-order valence-corrected chi connectivity index (χ3v) is 4.26. The zero-order valence-electron chi connectivity index (χ0n) is 10.2. The number of benzene rings is 1. The van der Waals surface area contributed by atoms with Gasteiger partial charge in [0.1, 0.15) is 6.07 Å². The molecule has 2 aliphatic rings. The molecule has 0 spiro atoms. The van der Waals surface area contributed by atoms with Crippen molar-refractivity contribution in [2.24, 2.45) is 5.92 Å². The van der Waals surface area contributed by atoms with Crippen LogP contribution in [0.2, 0.25) is 5.02 Å². The molecule has 0 saturated carbocycles. The minimum absolute atomic E-state index is 0.573. The molecule has 2 saturated heterocycles. The number of hydrogen-bond donors (Lipinski definition) is 1. The summed E-state index contributed by atoms with van der Waals surface area (Å²) in [6, 6.07) is 8.34. The number of halogens is 1. The molecular weight excluding hydrogens is 246 g/mol. The van der Waals surface area contributed by atoms with E-state index in [4.69, 9.17) is 11.6 Å². The molecule has 1 N–H and O–H groups in total. The minimum atomic E-state index is 0.573. The molecule has 2 heterocycles. The summed E-state index contributed by atoms with van der Waals surface area (Å²) in [5.41, 5.74) is 1.71. The fraction of sp³-hybridized carbons (Fsp3) is 0.500. The molecule has 18 heavy (non-hydrogen) atoms. The number of anilines is 1. The predicted molar refractivity (Wildman–Crippen MR) is 72.9 cm³/mol. The fourth-order valence-corrected chi connectivity index (χ4v) is 3.27. The molecule has 3 nitrogen and oxygen atoms in total. The van der Waals surface area contributed by atoms with Crippen LogP contribution in [-0.2, 0) is 0 Å². The van der Waals surface area contributed by atoms with Crippen LogP contribution in [0.5, 0.6) is 0 Å². The van der Waals surface area contributed by atoms with Gasteiger partial charge in [-0.3, -0.25) is 0 Å². The van der Waals surface area contributed by atoms with Crippen molar-refractivity contribution in [2.75, 3.05) is 24.5 Å². The van der Waals surface area contributed by atoms with Crippen LogP contribution in [0.3, 0.4) is 0 Å². The summed E-state index contributed by atoms with van der Waals surface area (Å²) >= 11 is 6.05. The first-order valence-corrected chi connectivity index (χ1v) is 6.83. The Hall–Kier alpha value is -1.24. The van der Waals surface area contributed by atoms with Gasteiger partial charge in [-0.1, -0.05) is 11.6 Å². The third-order valence-electron chi connectivity index (χ3n) is 4.02. The number of hydrogen-bond acceptors (Lipinski definition) is 3. The lowest BCUT2D eigenvalue weighted by atomic mass is 9.94. The second-order valence-electron chi connectivity index (χ2n) is 5.14. The maximum Gasteiger partial charge on any atom is 0.101 e. The zero-order valence-corrected chi connectivity index (χ0v) is 11.0. The number of nitriles is 1. The quantitative estimate of drug-likeness (QED) is 0.844. The van der Waals surface area contributed by atoms with E-state index < -0.39 is 0 Å². The van der Waals surface area contributed by atoms with Crippen molar-refractivity contribution >= 4 is 17.3 Å². The lowest BCUT2D eigenvalue weighted by molar-refractivity contribution is 0.340. The van der Waals surface area contributed by atoms with Crippen LogP contribution < -0.4 is 10.2 Å². The maximum absolute atomic E-state index is 9.19. The summed E-state index contributed by atoms with van der Waals surface area (Å²) in [6.07, 6.45) is 2.55. The molecule has 2 fully saturated rings. The van der Waals surface area contributed by atoms with E-state index in [-0.39, 0.29) is 0 Å². The summed E-state index contributed by atoms with van der Waals surface area (Å²) < 4.78 is 0. The summed E-state index contributed by atoms with van der Waals surface area (Å²) in [7, 11) is 0. The molecular formula is C14H16ClN3. The SMILES string of the molecule is N#Cc1ccc(Cl)cc1N1C[C@@H]2CCCN[C@@H]2C1. The van der Waals surface area contributed by atoms with Gasteiger partial charge in [0.25, 0.3) is 0 Å². The highest BCUT2D eigenvalue weighted by Gasteiger charge is 2.34. The molecule has 0 radical (unpaired) electrons. The van der Waals surface area contributed by atoms with E-state index in [1.54, 1.807) is 6.07 Å².